The molecule has 1 aromatic heterocycles. The maximum absolute atomic E-state index is 11.6. The lowest BCUT2D eigenvalue weighted by Gasteiger charge is -2.06. The molecule has 0 atom stereocenters. The van der Waals surface area contributed by atoms with Crippen molar-refractivity contribution < 1.29 is 24.2 Å². The first-order valence-electron chi connectivity index (χ1n) is 5.45. The van der Waals surface area contributed by atoms with E-state index in [2.05, 4.69) is 4.98 Å². The van der Waals surface area contributed by atoms with E-state index in [-0.39, 0.29) is 23.4 Å². The molecule has 18 heavy (non-hydrogen) atoms. The Labute approximate surface area is 104 Å². The van der Waals surface area contributed by atoms with Gasteiger partial charge in [0.15, 0.2) is 12.0 Å². The fourth-order valence-corrected chi connectivity index (χ4v) is 1.25. The molecule has 0 aliphatic carbocycles. The Kier molecular flexibility index (Phi) is 4.98. The van der Waals surface area contributed by atoms with Crippen LogP contribution in [0.25, 0.3) is 0 Å². The van der Waals surface area contributed by atoms with Gasteiger partial charge in [0.05, 0.1) is 12.2 Å². The van der Waals surface area contributed by atoms with Crippen molar-refractivity contribution in [1.29, 1.82) is 0 Å². The number of ether oxygens (including phenoxy) is 1. The lowest BCUT2D eigenvalue weighted by Crippen LogP contribution is -2.15. The van der Waals surface area contributed by atoms with Crippen LogP contribution in [0.1, 0.15) is 51.0 Å². The Morgan fingerprint density at radius 2 is 2.22 bits per heavy atom. The van der Waals surface area contributed by atoms with Crippen molar-refractivity contribution in [2.75, 3.05) is 6.61 Å². The molecule has 6 heteroatoms. The van der Waals surface area contributed by atoms with E-state index >= 15 is 0 Å². The number of hydrogen-bond acceptors (Lipinski definition) is 5. The number of hydrogen-bond donors (Lipinski definition) is 1. The number of carbonyl (C=O) groups excluding carboxylic acids is 2. The molecule has 0 spiro atoms. The van der Waals surface area contributed by atoms with Crippen molar-refractivity contribution in [3.05, 3.63) is 29.1 Å². The Bertz CT molecular complexity index is 470. The molecule has 0 saturated heterocycles. The number of carbonyl (C=O) groups is 3. The molecule has 0 aromatic carbocycles. The maximum Gasteiger partial charge on any atom is 0.357 e. The third kappa shape index (κ3) is 3.38. The van der Waals surface area contributed by atoms with E-state index in [4.69, 9.17) is 9.84 Å². The second-order valence-electron chi connectivity index (χ2n) is 3.58. The zero-order chi connectivity index (χ0) is 13.5. The Balaban J connectivity index is 2.96. The lowest BCUT2D eigenvalue weighted by atomic mass is 10.1. The first-order chi connectivity index (χ1) is 8.60. The summed E-state index contributed by atoms with van der Waals surface area (Å²) in [6, 6.07) is 1.10. The molecule has 1 rings (SSSR count). The van der Waals surface area contributed by atoms with Gasteiger partial charge in [-0.05, 0) is 12.5 Å². The summed E-state index contributed by atoms with van der Waals surface area (Å²) in [5, 5.41) is 8.94. The van der Waals surface area contributed by atoms with Gasteiger partial charge in [0.25, 0.3) is 0 Å². The first-order valence-corrected chi connectivity index (χ1v) is 5.45. The minimum Gasteiger partial charge on any atom is -0.478 e. The first kappa shape index (κ1) is 13.8. The van der Waals surface area contributed by atoms with E-state index < -0.39 is 11.9 Å². The smallest absolute Gasteiger partial charge is 0.357 e. The number of pyridine rings is 1. The summed E-state index contributed by atoms with van der Waals surface area (Å²) in [4.78, 5) is 36.8. The van der Waals surface area contributed by atoms with Gasteiger partial charge in [-0.3, -0.25) is 4.79 Å². The van der Waals surface area contributed by atoms with E-state index in [9.17, 15) is 14.4 Å². The highest BCUT2D eigenvalue weighted by Gasteiger charge is 2.20. The van der Waals surface area contributed by atoms with E-state index in [1.54, 1.807) is 0 Å². The van der Waals surface area contributed by atoms with Crippen molar-refractivity contribution in [2.45, 2.75) is 19.8 Å². The van der Waals surface area contributed by atoms with Crippen LogP contribution in [0.5, 0.6) is 0 Å². The zero-order valence-electron chi connectivity index (χ0n) is 9.88. The Morgan fingerprint density at radius 3 is 2.78 bits per heavy atom. The number of aromatic nitrogens is 1. The molecule has 0 bridgehead atoms. The normalized spacial score (nSPS) is 9.83. The molecule has 6 nitrogen and oxygen atoms in total. The minimum absolute atomic E-state index is 0.0949. The SMILES string of the molecule is CCCCOC(=O)c1ncc(C=O)cc1C(=O)O. The van der Waals surface area contributed by atoms with Gasteiger partial charge < -0.3 is 9.84 Å². The van der Waals surface area contributed by atoms with Gasteiger partial charge in [0.1, 0.15) is 0 Å². The number of carboxylic acid groups (broad SMARTS) is 1. The average Bonchev–Trinajstić information content (AvgIpc) is 2.38. The molecule has 0 amide bonds. The van der Waals surface area contributed by atoms with Gasteiger partial charge in [-0.25, -0.2) is 14.6 Å². The van der Waals surface area contributed by atoms with E-state index in [0.717, 1.165) is 18.7 Å². The maximum atomic E-state index is 11.6. The largest absolute Gasteiger partial charge is 0.478 e. The predicted octanol–water partition coefficient (Wildman–Crippen LogP) is 1.55. The molecule has 1 N–H and O–H groups in total. The second kappa shape index (κ2) is 6.48. The molecule has 1 heterocycles. The van der Waals surface area contributed by atoms with Gasteiger partial charge in [-0.1, -0.05) is 13.3 Å². The van der Waals surface area contributed by atoms with Crippen LogP contribution in [0.15, 0.2) is 12.3 Å². The number of aldehydes is 1. The summed E-state index contributed by atoms with van der Waals surface area (Å²) < 4.78 is 4.88. The number of unbranched alkanes of at least 4 members (excludes halogenated alkanes) is 1. The van der Waals surface area contributed by atoms with E-state index in [1.165, 1.54) is 0 Å². The molecule has 1 aromatic rings. The summed E-state index contributed by atoms with van der Waals surface area (Å²) in [5.74, 6) is -2.12. The van der Waals surface area contributed by atoms with E-state index in [0.29, 0.717) is 12.7 Å². The molecule has 0 unspecified atom stereocenters. The van der Waals surface area contributed by atoms with E-state index in [1.807, 2.05) is 6.92 Å². The highest BCUT2D eigenvalue weighted by atomic mass is 16.5. The highest BCUT2D eigenvalue weighted by Crippen LogP contribution is 2.10. The molecule has 0 fully saturated rings. The summed E-state index contributed by atoms with van der Waals surface area (Å²) in [7, 11) is 0. The number of esters is 1. The zero-order valence-corrected chi connectivity index (χ0v) is 9.88. The van der Waals surface area contributed by atoms with Crippen molar-refractivity contribution in [1.82, 2.24) is 4.98 Å². The van der Waals surface area contributed by atoms with Crippen molar-refractivity contribution >= 4 is 18.2 Å². The van der Waals surface area contributed by atoms with Gasteiger partial charge >= 0.3 is 11.9 Å². The molecule has 0 aliphatic heterocycles. The number of carboxylic acids is 1. The summed E-state index contributed by atoms with van der Waals surface area (Å²) in [6.45, 7) is 2.15. The number of aromatic carboxylic acids is 1. The third-order valence-corrected chi connectivity index (χ3v) is 2.20. The molecule has 0 saturated carbocycles. The minimum atomic E-state index is -1.33. The topological polar surface area (TPSA) is 93.6 Å². The molecule has 0 aliphatic rings. The van der Waals surface area contributed by atoms with Crippen LogP contribution in [0.3, 0.4) is 0 Å². The Morgan fingerprint density at radius 1 is 1.50 bits per heavy atom. The summed E-state index contributed by atoms with van der Waals surface area (Å²) in [5.41, 5.74) is -0.525. The fraction of sp³-hybridized carbons (Fsp3) is 0.333. The quantitative estimate of drug-likeness (QED) is 0.468. The van der Waals surface area contributed by atoms with Gasteiger partial charge in [0.2, 0.25) is 0 Å². The van der Waals surface area contributed by atoms with Crippen molar-refractivity contribution in [3.8, 4) is 0 Å². The van der Waals surface area contributed by atoms with Gasteiger partial charge in [-0.15, -0.1) is 0 Å². The Hall–Kier alpha value is -2.24. The monoisotopic (exact) mass is 251 g/mol. The standard InChI is InChI=1S/C12H13NO5/c1-2-3-4-18-12(17)10-9(11(15)16)5-8(7-14)6-13-10/h5-7H,2-4H2,1H3,(H,15,16). The van der Waals surface area contributed by atoms with Crippen LogP contribution in [-0.4, -0.2) is 34.9 Å². The average molecular weight is 251 g/mol. The van der Waals surface area contributed by atoms with Gasteiger partial charge in [0, 0.05) is 11.8 Å². The molecule has 0 radical (unpaired) electrons. The molecular weight excluding hydrogens is 238 g/mol. The second-order valence-corrected chi connectivity index (χ2v) is 3.58. The number of nitrogens with zero attached hydrogens (tertiary/aromatic N) is 1. The molecule has 96 valence electrons. The lowest BCUT2D eigenvalue weighted by molar-refractivity contribution is 0.0482. The van der Waals surface area contributed by atoms with Crippen LogP contribution >= 0.6 is 0 Å². The van der Waals surface area contributed by atoms with Crippen LogP contribution in [0.2, 0.25) is 0 Å². The van der Waals surface area contributed by atoms with Crippen molar-refractivity contribution in [3.63, 3.8) is 0 Å². The fourth-order valence-electron chi connectivity index (χ4n) is 1.25. The van der Waals surface area contributed by atoms with Crippen LogP contribution in [0.4, 0.5) is 0 Å². The van der Waals surface area contributed by atoms with Gasteiger partial charge in [-0.2, -0.15) is 0 Å². The van der Waals surface area contributed by atoms with Crippen LogP contribution in [-0.2, 0) is 4.74 Å². The summed E-state index contributed by atoms with van der Waals surface area (Å²) in [6.07, 6.45) is 3.15. The summed E-state index contributed by atoms with van der Waals surface area (Å²) >= 11 is 0. The van der Waals surface area contributed by atoms with Crippen LogP contribution in [0, 0.1) is 0 Å². The molecular formula is C12H13NO5. The number of rotatable bonds is 6. The third-order valence-electron chi connectivity index (χ3n) is 2.20. The van der Waals surface area contributed by atoms with Crippen LogP contribution < -0.4 is 0 Å². The van der Waals surface area contributed by atoms with Crippen molar-refractivity contribution in [2.24, 2.45) is 0 Å². The highest BCUT2D eigenvalue weighted by molar-refractivity contribution is 6.01. The predicted molar refractivity (Wildman–Crippen MR) is 61.8 cm³/mol.